The number of rotatable bonds is 8. The first-order chi connectivity index (χ1) is 8.69. The highest BCUT2D eigenvalue weighted by Gasteiger charge is 2.20. The first-order valence-corrected chi connectivity index (χ1v) is 7.90. The first kappa shape index (κ1) is 15.9. The minimum absolute atomic E-state index is 0.618. The molecule has 0 aliphatic carbocycles. The number of nitrogens with one attached hydrogen (secondary N) is 1. The maximum absolute atomic E-state index is 3.81. The molecule has 0 saturated carbocycles. The molecular formula is C15H33N3. The van der Waals surface area contributed by atoms with Crippen molar-refractivity contribution in [1.29, 1.82) is 0 Å². The highest BCUT2D eigenvalue weighted by atomic mass is 15.2. The van der Waals surface area contributed by atoms with Crippen LogP contribution >= 0.6 is 0 Å². The minimum Gasteiger partial charge on any atom is -0.310 e. The van der Waals surface area contributed by atoms with Crippen molar-refractivity contribution in [2.24, 2.45) is 0 Å². The molecule has 1 rings (SSSR count). The van der Waals surface area contributed by atoms with E-state index in [2.05, 4.69) is 42.8 Å². The van der Waals surface area contributed by atoms with Crippen LogP contribution in [0.1, 0.15) is 47.0 Å². The molecule has 1 heterocycles. The van der Waals surface area contributed by atoms with E-state index in [-0.39, 0.29) is 0 Å². The summed E-state index contributed by atoms with van der Waals surface area (Å²) >= 11 is 0. The molecule has 1 unspecified atom stereocenters. The molecule has 3 heteroatoms. The molecule has 1 N–H and O–H groups in total. The van der Waals surface area contributed by atoms with Crippen LogP contribution < -0.4 is 5.32 Å². The van der Waals surface area contributed by atoms with Gasteiger partial charge in [0, 0.05) is 18.6 Å². The van der Waals surface area contributed by atoms with E-state index in [1.54, 1.807) is 0 Å². The van der Waals surface area contributed by atoms with E-state index >= 15 is 0 Å². The van der Waals surface area contributed by atoms with Crippen LogP contribution in [-0.4, -0.2) is 61.2 Å². The summed E-state index contributed by atoms with van der Waals surface area (Å²) in [5.74, 6) is 0. The normalized spacial score (nSPS) is 20.5. The molecule has 0 aromatic carbocycles. The van der Waals surface area contributed by atoms with Gasteiger partial charge in [-0.05, 0) is 58.9 Å². The van der Waals surface area contributed by atoms with E-state index in [1.807, 2.05) is 0 Å². The number of nitrogens with zero attached hydrogens (tertiary/aromatic N) is 2. The van der Waals surface area contributed by atoms with Crippen LogP contribution in [0.15, 0.2) is 0 Å². The number of hydrogen-bond donors (Lipinski definition) is 1. The van der Waals surface area contributed by atoms with Crippen molar-refractivity contribution in [3.8, 4) is 0 Å². The zero-order valence-corrected chi connectivity index (χ0v) is 12.9. The van der Waals surface area contributed by atoms with Crippen molar-refractivity contribution >= 4 is 0 Å². The molecule has 0 spiro atoms. The third-order valence-electron chi connectivity index (χ3n) is 4.07. The lowest BCUT2D eigenvalue weighted by molar-refractivity contribution is 0.182. The Morgan fingerprint density at radius 1 is 1.17 bits per heavy atom. The van der Waals surface area contributed by atoms with Gasteiger partial charge in [0.15, 0.2) is 0 Å². The summed E-state index contributed by atoms with van der Waals surface area (Å²) in [4.78, 5) is 5.11. The van der Waals surface area contributed by atoms with Gasteiger partial charge in [0.2, 0.25) is 0 Å². The van der Waals surface area contributed by atoms with Crippen LogP contribution in [0.5, 0.6) is 0 Å². The lowest BCUT2D eigenvalue weighted by Gasteiger charge is -2.34. The van der Waals surface area contributed by atoms with Gasteiger partial charge in [0.1, 0.15) is 0 Å². The van der Waals surface area contributed by atoms with E-state index in [0.717, 1.165) is 19.1 Å². The maximum atomic E-state index is 3.81. The molecule has 0 radical (unpaired) electrons. The van der Waals surface area contributed by atoms with E-state index in [4.69, 9.17) is 0 Å². The monoisotopic (exact) mass is 255 g/mol. The Morgan fingerprint density at radius 3 is 2.28 bits per heavy atom. The lowest BCUT2D eigenvalue weighted by atomic mass is 10.0. The standard InChI is InChI=1S/C15H33N3/c1-5-10-18-11-8-15(9-12-18)16-14(4)13-17(6-2)7-3/h14-16H,5-13H2,1-4H3. The number of likely N-dealkylation sites (N-methyl/N-ethyl adjacent to an activating group) is 1. The molecule has 0 aromatic heterocycles. The summed E-state index contributed by atoms with van der Waals surface area (Å²) in [5.41, 5.74) is 0. The maximum Gasteiger partial charge on any atom is 0.0169 e. The molecule has 0 bridgehead atoms. The third kappa shape index (κ3) is 5.68. The lowest BCUT2D eigenvalue weighted by Crippen LogP contribution is -2.48. The molecule has 108 valence electrons. The molecule has 1 aliphatic rings. The Balaban J connectivity index is 2.19. The quantitative estimate of drug-likeness (QED) is 0.717. The SMILES string of the molecule is CCCN1CCC(NC(C)CN(CC)CC)CC1. The highest BCUT2D eigenvalue weighted by Crippen LogP contribution is 2.11. The van der Waals surface area contributed by atoms with Crippen LogP contribution in [0.4, 0.5) is 0 Å². The fraction of sp³-hybridized carbons (Fsp3) is 1.00. The number of piperidine rings is 1. The number of hydrogen-bond acceptors (Lipinski definition) is 3. The summed E-state index contributed by atoms with van der Waals surface area (Å²) in [7, 11) is 0. The largest absolute Gasteiger partial charge is 0.310 e. The average Bonchev–Trinajstić information content (AvgIpc) is 2.38. The molecule has 1 aliphatic heterocycles. The van der Waals surface area contributed by atoms with Crippen molar-refractivity contribution in [2.75, 3.05) is 39.3 Å². The van der Waals surface area contributed by atoms with E-state index in [9.17, 15) is 0 Å². The van der Waals surface area contributed by atoms with Crippen LogP contribution in [0, 0.1) is 0 Å². The van der Waals surface area contributed by atoms with Crippen LogP contribution in [0.2, 0.25) is 0 Å². The van der Waals surface area contributed by atoms with Crippen molar-refractivity contribution in [1.82, 2.24) is 15.1 Å². The summed E-state index contributed by atoms with van der Waals surface area (Å²) < 4.78 is 0. The second kappa shape index (κ2) is 8.89. The van der Waals surface area contributed by atoms with Gasteiger partial charge in [-0.15, -0.1) is 0 Å². The summed E-state index contributed by atoms with van der Waals surface area (Å²) in [6.45, 7) is 16.5. The van der Waals surface area contributed by atoms with Gasteiger partial charge in [0.05, 0.1) is 0 Å². The Morgan fingerprint density at radius 2 is 1.78 bits per heavy atom. The van der Waals surface area contributed by atoms with Gasteiger partial charge in [-0.2, -0.15) is 0 Å². The van der Waals surface area contributed by atoms with Gasteiger partial charge >= 0.3 is 0 Å². The molecule has 1 atom stereocenters. The molecule has 0 amide bonds. The van der Waals surface area contributed by atoms with E-state index in [1.165, 1.54) is 45.4 Å². The minimum atomic E-state index is 0.618. The highest BCUT2D eigenvalue weighted by molar-refractivity contribution is 4.80. The summed E-state index contributed by atoms with van der Waals surface area (Å²) in [6, 6.07) is 1.36. The van der Waals surface area contributed by atoms with Crippen molar-refractivity contribution < 1.29 is 0 Å². The second-order valence-corrected chi connectivity index (χ2v) is 5.67. The summed E-state index contributed by atoms with van der Waals surface area (Å²) in [6.07, 6.45) is 3.93. The molecule has 1 fully saturated rings. The third-order valence-corrected chi connectivity index (χ3v) is 4.07. The Bertz CT molecular complexity index is 196. The Hall–Kier alpha value is -0.120. The fourth-order valence-corrected chi connectivity index (χ4v) is 2.96. The predicted molar refractivity (Wildman–Crippen MR) is 80.1 cm³/mol. The van der Waals surface area contributed by atoms with Gasteiger partial charge in [-0.25, -0.2) is 0 Å². The Kier molecular flexibility index (Phi) is 7.87. The zero-order chi connectivity index (χ0) is 13.4. The predicted octanol–water partition coefficient (Wildman–Crippen LogP) is 2.18. The fourth-order valence-electron chi connectivity index (χ4n) is 2.96. The molecule has 18 heavy (non-hydrogen) atoms. The van der Waals surface area contributed by atoms with E-state index in [0.29, 0.717) is 6.04 Å². The van der Waals surface area contributed by atoms with Crippen LogP contribution in [0.25, 0.3) is 0 Å². The topological polar surface area (TPSA) is 18.5 Å². The van der Waals surface area contributed by atoms with Crippen molar-refractivity contribution in [3.05, 3.63) is 0 Å². The molecule has 0 aromatic rings. The first-order valence-electron chi connectivity index (χ1n) is 7.90. The second-order valence-electron chi connectivity index (χ2n) is 5.67. The van der Waals surface area contributed by atoms with Crippen molar-refractivity contribution in [2.45, 2.75) is 59.0 Å². The number of likely N-dealkylation sites (tertiary alicyclic amines) is 1. The Labute approximate surface area is 114 Å². The van der Waals surface area contributed by atoms with Gasteiger partial charge in [-0.1, -0.05) is 20.8 Å². The van der Waals surface area contributed by atoms with Crippen molar-refractivity contribution in [3.63, 3.8) is 0 Å². The van der Waals surface area contributed by atoms with Gasteiger partial charge < -0.3 is 15.1 Å². The molecule has 3 nitrogen and oxygen atoms in total. The molecule has 1 saturated heterocycles. The zero-order valence-electron chi connectivity index (χ0n) is 12.9. The average molecular weight is 255 g/mol. The van der Waals surface area contributed by atoms with Gasteiger partial charge in [0.25, 0.3) is 0 Å². The molecular weight excluding hydrogens is 222 g/mol. The van der Waals surface area contributed by atoms with Gasteiger partial charge in [-0.3, -0.25) is 0 Å². The van der Waals surface area contributed by atoms with E-state index < -0.39 is 0 Å². The smallest absolute Gasteiger partial charge is 0.0169 e. The summed E-state index contributed by atoms with van der Waals surface area (Å²) in [5, 5.41) is 3.81. The van der Waals surface area contributed by atoms with Crippen LogP contribution in [-0.2, 0) is 0 Å². The van der Waals surface area contributed by atoms with Crippen LogP contribution in [0.3, 0.4) is 0 Å².